The highest BCUT2D eigenvalue weighted by Crippen LogP contribution is 2.15. The van der Waals surface area contributed by atoms with Gasteiger partial charge in [-0.25, -0.2) is 4.79 Å². The van der Waals surface area contributed by atoms with Gasteiger partial charge in [-0.1, -0.05) is 6.92 Å². The van der Waals surface area contributed by atoms with E-state index in [-0.39, 0.29) is 30.6 Å². The molecule has 3 aromatic heterocycles. The van der Waals surface area contributed by atoms with Crippen LogP contribution in [0, 0.1) is 0 Å². The molecular weight excluding hydrogens is 342 g/mol. The Morgan fingerprint density at radius 3 is 2.80 bits per heavy atom. The van der Waals surface area contributed by atoms with E-state index in [9.17, 15) is 14.4 Å². The summed E-state index contributed by atoms with van der Waals surface area (Å²) in [5, 5.41) is 4.58. The number of carbonyl (C=O) groups is 1. The highest BCUT2D eigenvalue weighted by Gasteiger charge is 2.17. The average molecular weight is 361 g/mol. The lowest BCUT2D eigenvalue weighted by Crippen LogP contribution is -2.43. The molecule has 3 rings (SSSR count). The van der Waals surface area contributed by atoms with Crippen LogP contribution in [0.1, 0.15) is 26.0 Å². The second kappa shape index (κ2) is 7.10. The summed E-state index contributed by atoms with van der Waals surface area (Å²) in [4.78, 5) is 37.7. The second-order valence-electron chi connectivity index (χ2n) is 5.85. The number of carbonyl (C=O) groups excluding carboxylic acids is 1. The molecular formula is C17H19N3O4S. The molecule has 7 nitrogen and oxygen atoms in total. The maximum absolute atomic E-state index is 12.8. The Morgan fingerprint density at radius 1 is 1.32 bits per heavy atom. The summed E-state index contributed by atoms with van der Waals surface area (Å²) < 4.78 is 8.14. The fraction of sp³-hybridized carbons (Fsp3) is 0.353. The zero-order chi connectivity index (χ0) is 18.0. The number of nitrogens with one attached hydrogen (secondary N) is 1. The molecule has 0 fully saturated rings. The molecule has 0 unspecified atom stereocenters. The van der Waals surface area contributed by atoms with Crippen LogP contribution in [0.25, 0.3) is 10.2 Å². The number of nitrogens with zero attached hydrogens (tertiary/aromatic N) is 2. The van der Waals surface area contributed by atoms with Gasteiger partial charge in [-0.15, -0.1) is 11.3 Å². The number of thiophene rings is 1. The molecule has 0 radical (unpaired) electrons. The molecule has 132 valence electrons. The smallest absolute Gasteiger partial charge is 0.332 e. The maximum Gasteiger partial charge on any atom is 0.332 e. The summed E-state index contributed by atoms with van der Waals surface area (Å²) >= 11 is 1.25. The van der Waals surface area contributed by atoms with Gasteiger partial charge in [0.2, 0.25) is 5.91 Å². The van der Waals surface area contributed by atoms with Crippen molar-refractivity contribution < 1.29 is 9.21 Å². The van der Waals surface area contributed by atoms with Crippen molar-refractivity contribution in [3.8, 4) is 0 Å². The molecule has 0 aliphatic heterocycles. The Morgan fingerprint density at radius 2 is 2.12 bits per heavy atom. The quantitative estimate of drug-likeness (QED) is 0.725. The molecule has 0 aliphatic rings. The van der Waals surface area contributed by atoms with Crippen molar-refractivity contribution >= 4 is 27.5 Å². The van der Waals surface area contributed by atoms with Gasteiger partial charge < -0.3 is 9.73 Å². The Balaban J connectivity index is 2.05. The number of fused-ring (bicyclic) bond motifs is 1. The standard InChI is InChI=1S/C17H19N3O4S/c1-3-11(2)18-14(21)10-19-13-6-8-25-15(13)16(22)20(17(19)23)9-12-5-4-7-24-12/h4-8,11H,3,9-10H2,1-2H3,(H,18,21)/t11-/m1/s1. The zero-order valence-corrected chi connectivity index (χ0v) is 14.8. The first-order valence-electron chi connectivity index (χ1n) is 8.03. The summed E-state index contributed by atoms with van der Waals surface area (Å²) in [6, 6.07) is 5.11. The molecule has 0 spiro atoms. The molecule has 0 saturated carbocycles. The monoisotopic (exact) mass is 361 g/mol. The fourth-order valence-electron chi connectivity index (χ4n) is 2.55. The molecule has 1 N–H and O–H groups in total. The summed E-state index contributed by atoms with van der Waals surface area (Å²) in [6.07, 6.45) is 2.29. The van der Waals surface area contributed by atoms with Crippen molar-refractivity contribution in [1.82, 2.24) is 14.5 Å². The average Bonchev–Trinajstić information content (AvgIpc) is 3.26. The number of hydrogen-bond acceptors (Lipinski definition) is 5. The van der Waals surface area contributed by atoms with E-state index in [1.165, 1.54) is 22.2 Å². The van der Waals surface area contributed by atoms with Gasteiger partial charge in [-0.05, 0) is 36.9 Å². The summed E-state index contributed by atoms with van der Waals surface area (Å²) in [5.74, 6) is 0.248. The predicted octanol–water partition coefficient (Wildman–Crippen LogP) is 1.78. The minimum atomic E-state index is -0.522. The molecule has 0 aromatic carbocycles. The van der Waals surface area contributed by atoms with E-state index in [2.05, 4.69) is 5.32 Å². The molecule has 0 saturated heterocycles. The Kier molecular flexibility index (Phi) is 4.89. The molecule has 0 aliphatic carbocycles. The minimum absolute atomic E-state index is 0.0233. The van der Waals surface area contributed by atoms with Crippen LogP contribution in [0.3, 0.4) is 0 Å². The molecule has 0 bridgehead atoms. The van der Waals surface area contributed by atoms with Gasteiger partial charge >= 0.3 is 5.69 Å². The second-order valence-corrected chi connectivity index (χ2v) is 6.77. The van der Waals surface area contributed by atoms with E-state index in [4.69, 9.17) is 4.42 Å². The Labute approximate surface area is 147 Å². The van der Waals surface area contributed by atoms with E-state index < -0.39 is 5.69 Å². The predicted molar refractivity (Wildman–Crippen MR) is 96.1 cm³/mol. The van der Waals surface area contributed by atoms with E-state index in [0.717, 1.165) is 11.0 Å². The van der Waals surface area contributed by atoms with Gasteiger partial charge in [0.15, 0.2) is 0 Å². The topological polar surface area (TPSA) is 86.2 Å². The highest BCUT2D eigenvalue weighted by molar-refractivity contribution is 7.17. The van der Waals surface area contributed by atoms with Crippen molar-refractivity contribution in [2.45, 2.75) is 39.4 Å². The highest BCUT2D eigenvalue weighted by atomic mass is 32.1. The third-order valence-corrected chi connectivity index (χ3v) is 4.94. The van der Waals surface area contributed by atoms with Gasteiger partial charge in [0, 0.05) is 6.04 Å². The van der Waals surface area contributed by atoms with Gasteiger partial charge in [0.05, 0.1) is 18.3 Å². The van der Waals surface area contributed by atoms with Crippen molar-refractivity contribution in [1.29, 1.82) is 0 Å². The maximum atomic E-state index is 12.8. The third-order valence-electron chi connectivity index (χ3n) is 4.05. The van der Waals surface area contributed by atoms with Gasteiger partial charge in [0.25, 0.3) is 5.56 Å². The van der Waals surface area contributed by atoms with Crippen LogP contribution in [-0.4, -0.2) is 21.1 Å². The van der Waals surface area contributed by atoms with Crippen molar-refractivity contribution in [2.75, 3.05) is 0 Å². The van der Waals surface area contributed by atoms with Crippen LogP contribution in [0.2, 0.25) is 0 Å². The molecule has 1 atom stereocenters. The van der Waals surface area contributed by atoms with E-state index in [1.807, 2.05) is 13.8 Å². The molecule has 8 heteroatoms. The lowest BCUT2D eigenvalue weighted by Gasteiger charge is -2.14. The summed E-state index contributed by atoms with van der Waals surface area (Å²) in [5.41, 5.74) is -0.411. The van der Waals surface area contributed by atoms with E-state index in [1.54, 1.807) is 23.6 Å². The first-order valence-corrected chi connectivity index (χ1v) is 8.91. The lowest BCUT2D eigenvalue weighted by molar-refractivity contribution is -0.122. The van der Waals surface area contributed by atoms with Crippen LogP contribution in [0.15, 0.2) is 43.8 Å². The van der Waals surface area contributed by atoms with E-state index >= 15 is 0 Å². The molecule has 3 aromatic rings. The largest absolute Gasteiger partial charge is 0.467 e. The van der Waals surface area contributed by atoms with Crippen LogP contribution in [-0.2, 0) is 17.9 Å². The number of hydrogen-bond donors (Lipinski definition) is 1. The lowest BCUT2D eigenvalue weighted by atomic mass is 10.2. The first-order chi connectivity index (χ1) is 12.0. The first kappa shape index (κ1) is 17.2. The van der Waals surface area contributed by atoms with Crippen molar-refractivity contribution in [3.05, 3.63) is 56.4 Å². The fourth-order valence-corrected chi connectivity index (χ4v) is 3.39. The Bertz CT molecular complexity index is 997. The Hall–Kier alpha value is -2.61. The third kappa shape index (κ3) is 3.43. The van der Waals surface area contributed by atoms with Crippen molar-refractivity contribution in [3.63, 3.8) is 0 Å². The molecule has 3 heterocycles. The van der Waals surface area contributed by atoms with Crippen LogP contribution >= 0.6 is 11.3 Å². The normalized spacial score (nSPS) is 12.4. The zero-order valence-electron chi connectivity index (χ0n) is 14.0. The molecule has 1 amide bonds. The number of aromatic nitrogens is 2. The summed E-state index contributed by atoms with van der Waals surface area (Å²) in [6.45, 7) is 3.77. The molecule has 25 heavy (non-hydrogen) atoms. The van der Waals surface area contributed by atoms with Gasteiger partial charge in [-0.2, -0.15) is 0 Å². The van der Waals surface area contributed by atoms with Crippen LogP contribution in [0.5, 0.6) is 0 Å². The van der Waals surface area contributed by atoms with E-state index in [0.29, 0.717) is 16.0 Å². The number of furan rings is 1. The van der Waals surface area contributed by atoms with Gasteiger partial charge in [0.1, 0.15) is 17.0 Å². The van der Waals surface area contributed by atoms with Gasteiger partial charge in [-0.3, -0.25) is 18.7 Å². The van der Waals surface area contributed by atoms with Crippen molar-refractivity contribution in [2.24, 2.45) is 0 Å². The minimum Gasteiger partial charge on any atom is -0.467 e. The number of amides is 1. The van der Waals surface area contributed by atoms with Crippen LogP contribution < -0.4 is 16.6 Å². The van der Waals surface area contributed by atoms with Crippen LogP contribution in [0.4, 0.5) is 0 Å². The number of rotatable bonds is 6. The SMILES string of the molecule is CC[C@@H](C)NC(=O)Cn1c(=O)n(Cc2ccco2)c(=O)c2sccc21. The summed E-state index contributed by atoms with van der Waals surface area (Å²) in [7, 11) is 0.